The number of hydrogen-bond acceptors (Lipinski definition) is 5. The summed E-state index contributed by atoms with van der Waals surface area (Å²) in [6.45, 7) is 10.7. The zero-order chi connectivity index (χ0) is 23.2. The van der Waals surface area contributed by atoms with E-state index >= 15 is 0 Å². The number of alkyl halides is 3. The second-order valence-electron chi connectivity index (χ2n) is 9.09. The molecule has 0 radical (unpaired) electrons. The molecule has 9 heteroatoms. The van der Waals surface area contributed by atoms with Crippen LogP contribution in [0.1, 0.15) is 50.6 Å². The van der Waals surface area contributed by atoms with Crippen LogP contribution in [0.25, 0.3) is 0 Å². The number of rotatable bonds is 6. The average molecular weight is 440 g/mol. The van der Waals surface area contributed by atoms with Gasteiger partial charge in [-0.3, -0.25) is 9.69 Å². The lowest BCUT2D eigenvalue weighted by atomic mass is 10.00. The number of nitrogens with zero attached hydrogens (tertiary/aromatic N) is 2. The molecule has 1 saturated heterocycles. The van der Waals surface area contributed by atoms with Crippen LogP contribution in [0.3, 0.4) is 0 Å². The number of Topliss-reactive ketones (excluding diaryl/α,β-unsaturated/α-hetero) is 1. The molecule has 2 fully saturated rings. The standard InChI is InChI=1S/C22H27F3N2O4/c1-6-9-30-21-11-15(27(18(21)12-21)19(29)31-20(3,4)5)16(28)10-14-13(2)7-8-17(26-14)22(23,24)25/h6-8,15,18H,1,9-12H2,2-5H3/t15-,18+,21+/m0/s1. The van der Waals surface area contributed by atoms with Crippen molar-refractivity contribution in [3.8, 4) is 0 Å². The smallest absolute Gasteiger partial charge is 0.433 e. The molecule has 1 saturated carbocycles. The SMILES string of the molecule is C=CCO[C@@]12C[C@@H](C(=O)Cc3nc(C(F)(F)F)ccc3C)N(C(=O)OC(C)(C)C)[C@@H]1C2. The third-order valence-electron chi connectivity index (χ3n) is 5.50. The number of carbonyl (C=O) groups excluding carboxylic acids is 2. The largest absolute Gasteiger partial charge is 0.444 e. The summed E-state index contributed by atoms with van der Waals surface area (Å²) in [6.07, 6.45) is -3.12. The normalized spacial score (nSPS) is 25.2. The first-order chi connectivity index (χ1) is 14.3. The summed E-state index contributed by atoms with van der Waals surface area (Å²) < 4.78 is 50.5. The van der Waals surface area contributed by atoms with E-state index in [1.54, 1.807) is 33.8 Å². The lowest BCUT2D eigenvalue weighted by Gasteiger charge is -2.29. The summed E-state index contributed by atoms with van der Waals surface area (Å²) in [5.41, 5.74) is -1.94. The molecular weight excluding hydrogens is 413 g/mol. The number of ether oxygens (including phenoxy) is 2. The van der Waals surface area contributed by atoms with Gasteiger partial charge in [0.2, 0.25) is 0 Å². The molecule has 1 aliphatic carbocycles. The third kappa shape index (κ3) is 4.92. The maximum Gasteiger partial charge on any atom is 0.433 e. The van der Waals surface area contributed by atoms with E-state index in [9.17, 15) is 22.8 Å². The maximum absolute atomic E-state index is 13.1. The van der Waals surface area contributed by atoms with Gasteiger partial charge in [0, 0.05) is 12.8 Å². The van der Waals surface area contributed by atoms with Crippen LogP contribution in [0.15, 0.2) is 24.8 Å². The molecule has 0 unspecified atom stereocenters. The lowest BCUT2D eigenvalue weighted by Crippen LogP contribution is -2.46. The molecule has 1 aliphatic heterocycles. The number of likely N-dealkylation sites (tertiary alicyclic amines) is 1. The van der Waals surface area contributed by atoms with Gasteiger partial charge in [0.15, 0.2) is 5.78 Å². The molecule has 170 valence electrons. The number of aryl methyl sites for hydroxylation is 1. The van der Waals surface area contributed by atoms with E-state index in [0.717, 1.165) is 6.07 Å². The Balaban J connectivity index is 1.84. The van der Waals surface area contributed by atoms with Gasteiger partial charge in [-0.25, -0.2) is 9.78 Å². The number of amides is 1. The van der Waals surface area contributed by atoms with Gasteiger partial charge in [0.25, 0.3) is 0 Å². The van der Waals surface area contributed by atoms with Crippen LogP contribution in [0.2, 0.25) is 0 Å². The molecule has 3 atom stereocenters. The summed E-state index contributed by atoms with van der Waals surface area (Å²) in [7, 11) is 0. The van der Waals surface area contributed by atoms with Gasteiger partial charge in [-0.2, -0.15) is 13.2 Å². The van der Waals surface area contributed by atoms with Crippen molar-refractivity contribution in [3.63, 3.8) is 0 Å². The number of piperidine rings is 1. The Kier molecular flexibility index (Phi) is 5.94. The van der Waals surface area contributed by atoms with Gasteiger partial charge in [-0.15, -0.1) is 6.58 Å². The molecule has 6 nitrogen and oxygen atoms in total. The zero-order valence-electron chi connectivity index (χ0n) is 18.1. The number of carbonyl (C=O) groups is 2. The monoisotopic (exact) mass is 440 g/mol. The Morgan fingerprint density at radius 3 is 2.55 bits per heavy atom. The Labute approximate surface area is 179 Å². The van der Waals surface area contributed by atoms with E-state index in [1.165, 1.54) is 11.0 Å². The molecule has 2 aliphatic rings. The molecule has 0 spiro atoms. The van der Waals surface area contributed by atoms with Crippen molar-refractivity contribution in [3.05, 3.63) is 41.7 Å². The molecule has 0 bridgehead atoms. The van der Waals surface area contributed by atoms with Crippen LogP contribution in [0, 0.1) is 6.92 Å². The van der Waals surface area contributed by atoms with Crippen molar-refractivity contribution in [2.24, 2.45) is 0 Å². The topological polar surface area (TPSA) is 68.7 Å². The van der Waals surface area contributed by atoms with Crippen molar-refractivity contribution in [1.29, 1.82) is 0 Å². The highest BCUT2D eigenvalue weighted by molar-refractivity contribution is 5.90. The van der Waals surface area contributed by atoms with E-state index in [0.29, 0.717) is 12.0 Å². The Hall–Kier alpha value is -2.42. The lowest BCUT2D eigenvalue weighted by molar-refractivity contribution is -0.141. The maximum atomic E-state index is 13.1. The number of pyridine rings is 1. The second kappa shape index (κ2) is 7.93. The van der Waals surface area contributed by atoms with Gasteiger partial charge in [-0.1, -0.05) is 12.1 Å². The summed E-state index contributed by atoms with van der Waals surface area (Å²) in [4.78, 5) is 31.0. The number of halogens is 3. The van der Waals surface area contributed by atoms with Gasteiger partial charge in [-0.05, 0) is 39.3 Å². The fraction of sp³-hybridized carbons (Fsp3) is 0.591. The van der Waals surface area contributed by atoms with Crippen LogP contribution in [-0.4, -0.2) is 51.7 Å². The Bertz CT molecular complexity index is 894. The van der Waals surface area contributed by atoms with Crippen molar-refractivity contribution in [1.82, 2.24) is 9.88 Å². The quantitative estimate of drug-likeness (QED) is 0.619. The minimum atomic E-state index is -4.61. The molecule has 31 heavy (non-hydrogen) atoms. The predicted octanol–water partition coefficient (Wildman–Crippen LogP) is 4.24. The summed E-state index contributed by atoms with van der Waals surface area (Å²) in [5, 5.41) is 0. The van der Waals surface area contributed by atoms with Crippen LogP contribution < -0.4 is 0 Å². The van der Waals surface area contributed by atoms with E-state index < -0.39 is 41.0 Å². The predicted molar refractivity (Wildman–Crippen MR) is 106 cm³/mol. The van der Waals surface area contributed by atoms with Crippen LogP contribution >= 0.6 is 0 Å². The van der Waals surface area contributed by atoms with Crippen molar-refractivity contribution in [2.45, 2.75) is 76.4 Å². The number of ketones is 1. The van der Waals surface area contributed by atoms with Crippen molar-refractivity contribution in [2.75, 3.05) is 6.61 Å². The highest BCUT2D eigenvalue weighted by Crippen LogP contribution is 2.55. The van der Waals surface area contributed by atoms with Crippen LogP contribution in [0.4, 0.5) is 18.0 Å². The second-order valence-corrected chi connectivity index (χ2v) is 9.09. The van der Waals surface area contributed by atoms with E-state index in [4.69, 9.17) is 9.47 Å². The van der Waals surface area contributed by atoms with E-state index in [2.05, 4.69) is 11.6 Å². The molecule has 0 aromatic carbocycles. The van der Waals surface area contributed by atoms with E-state index in [-0.39, 0.29) is 31.2 Å². The van der Waals surface area contributed by atoms with Gasteiger partial charge in [0.1, 0.15) is 11.3 Å². The summed E-state index contributed by atoms with van der Waals surface area (Å²) >= 11 is 0. The summed E-state index contributed by atoms with van der Waals surface area (Å²) in [6, 6.07) is 1.02. The molecular formula is C22H27F3N2O4. The van der Waals surface area contributed by atoms with Crippen LogP contribution in [0.5, 0.6) is 0 Å². The summed E-state index contributed by atoms with van der Waals surface area (Å²) in [5.74, 6) is -0.394. The Morgan fingerprint density at radius 1 is 1.29 bits per heavy atom. The first kappa shape index (κ1) is 23.2. The molecule has 1 aromatic rings. The first-order valence-electron chi connectivity index (χ1n) is 10.1. The minimum Gasteiger partial charge on any atom is -0.444 e. The van der Waals surface area contributed by atoms with E-state index in [1.807, 2.05) is 0 Å². The molecule has 0 N–H and O–H groups in total. The van der Waals surface area contributed by atoms with Gasteiger partial charge in [0.05, 0.1) is 36.4 Å². The van der Waals surface area contributed by atoms with Gasteiger partial charge < -0.3 is 9.47 Å². The molecule has 1 aromatic heterocycles. The van der Waals surface area contributed by atoms with Crippen molar-refractivity contribution >= 4 is 11.9 Å². The van der Waals surface area contributed by atoms with Crippen LogP contribution in [-0.2, 0) is 26.9 Å². The highest BCUT2D eigenvalue weighted by atomic mass is 19.4. The first-order valence-corrected chi connectivity index (χ1v) is 10.1. The number of fused-ring (bicyclic) bond motifs is 1. The number of hydrogen-bond donors (Lipinski definition) is 0. The molecule has 1 amide bonds. The fourth-order valence-electron chi connectivity index (χ4n) is 3.95. The average Bonchev–Trinajstić information content (AvgIpc) is 3.23. The molecule has 2 heterocycles. The zero-order valence-corrected chi connectivity index (χ0v) is 18.1. The molecule has 3 rings (SSSR count). The number of aromatic nitrogens is 1. The minimum absolute atomic E-state index is 0.0468. The highest BCUT2D eigenvalue weighted by Gasteiger charge is 2.69. The van der Waals surface area contributed by atoms with Gasteiger partial charge >= 0.3 is 12.3 Å². The third-order valence-corrected chi connectivity index (χ3v) is 5.50. The van der Waals surface area contributed by atoms with Crippen molar-refractivity contribution < 1.29 is 32.2 Å². The fourth-order valence-corrected chi connectivity index (χ4v) is 3.95. The Morgan fingerprint density at radius 2 is 1.97 bits per heavy atom.